The van der Waals surface area contributed by atoms with Crippen LogP contribution in [0.2, 0.25) is 0 Å². The molecule has 0 saturated heterocycles. The molecule has 1 unspecified atom stereocenters. The summed E-state index contributed by atoms with van der Waals surface area (Å²) in [5.74, 6) is -5.21. The molecule has 98 valence electrons. The number of ether oxygens (including phenoxy) is 1. The zero-order valence-corrected chi connectivity index (χ0v) is 7.30. The average Bonchev–Trinajstić information content (AvgIpc) is 2.12. The summed E-state index contributed by atoms with van der Waals surface area (Å²) in [6.45, 7) is -5.60. The van der Waals surface area contributed by atoms with E-state index in [9.17, 15) is 39.5 Å². The highest BCUT2D eigenvalue weighted by Gasteiger charge is 2.60. The molecule has 0 fully saturated rings. The average molecular weight is 264 g/mol. The van der Waals surface area contributed by atoms with Gasteiger partial charge in [0.1, 0.15) is 0 Å². The van der Waals surface area contributed by atoms with E-state index in [1.54, 1.807) is 0 Å². The Morgan fingerprint density at radius 3 is 1.50 bits per heavy atom. The van der Waals surface area contributed by atoms with Gasteiger partial charge in [0.15, 0.2) is 13.3 Å². The molecule has 0 heterocycles. The predicted molar refractivity (Wildman–Crippen MR) is 32.8 cm³/mol. The Bertz CT molecular complexity index is 223. The molecule has 1 atom stereocenters. The Kier molecular flexibility index (Phi) is 4.48. The second-order valence-electron chi connectivity index (χ2n) is 2.71. The molecule has 0 N–H and O–H groups in total. The van der Waals surface area contributed by atoms with E-state index in [0.29, 0.717) is 0 Å². The van der Waals surface area contributed by atoms with Crippen molar-refractivity contribution >= 4 is 0 Å². The van der Waals surface area contributed by atoms with Gasteiger partial charge in [-0.1, -0.05) is 0 Å². The van der Waals surface area contributed by atoms with E-state index in [1.807, 2.05) is 0 Å². The molecule has 0 aromatic rings. The second-order valence-corrected chi connectivity index (χ2v) is 2.71. The molecule has 0 aromatic heterocycles. The summed E-state index contributed by atoms with van der Waals surface area (Å²) in [6.07, 6.45) is -15.4. The van der Waals surface area contributed by atoms with Crippen molar-refractivity contribution < 1.29 is 44.3 Å². The minimum absolute atomic E-state index is 2.58. The van der Waals surface area contributed by atoms with Gasteiger partial charge in [0, 0.05) is 0 Å². The Balaban J connectivity index is 4.99. The van der Waals surface area contributed by atoms with E-state index in [0.717, 1.165) is 0 Å². The molecule has 0 aromatic carbocycles. The summed E-state index contributed by atoms with van der Waals surface area (Å²) < 4.78 is 110. The molecule has 0 amide bonds. The summed E-state index contributed by atoms with van der Waals surface area (Å²) in [5.41, 5.74) is 0. The molecular formula is C6H5F9O. The summed E-state index contributed by atoms with van der Waals surface area (Å²) >= 11 is 0. The maximum absolute atomic E-state index is 12.3. The molecule has 0 saturated carbocycles. The summed E-state index contributed by atoms with van der Waals surface area (Å²) in [4.78, 5) is 0. The van der Waals surface area contributed by atoms with Crippen molar-refractivity contribution in [2.24, 2.45) is 0 Å². The van der Waals surface area contributed by atoms with Crippen LogP contribution in [-0.2, 0) is 4.74 Å². The van der Waals surface area contributed by atoms with Crippen LogP contribution in [-0.4, -0.2) is 37.7 Å². The van der Waals surface area contributed by atoms with Gasteiger partial charge in [0.25, 0.3) is 0 Å². The minimum Gasteiger partial charge on any atom is -0.299 e. The smallest absolute Gasteiger partial charge is 0.299 e. The van der Waals surface area contributed by atoms with Crippen LogP contribution in [0.4, 0.5) is 39.5 Å². The van der Waals surface area contributed by atoms with Crippen LogP contribution in [0.5, 0.6) is 0 Å². The Hall–Kier alpha value is -0.670. The predicted octanol–water partition coefficient (Wildman–Crippen LogP) is 3.10. The largest absolute Gasteiger partial charge is 0.420 e. The summed E-state index contributed by atoms with van der Waals surface area (Å²) in [5, 5.41) is 0. The highest BCUT2D eigenvalue weighted by atomic mass is 19.4. The molecule has 0 aliphatic carbocycles. The van der Waals surface area contributed by atoms with E-state index in [4.69, 9.17) is 0 Å². The molecule has 0 bridgehead atoms. The first-order valence-electron chi connectivity index (χ1n) is 3.58. The monoisotopic (exact) mass is 264 g/mol. The number of rotatable bonds is 5. The maximum atomic E-state index is 12.3. The van der Waals surface area contributed by atoms with Crippen LogP contribution < -0.4 is 0 Å². The molecule has 16 heavy (non-hydrogen) atoms. The molecule has 0 aliphatic heterocycles. The molecule has 0 radical (unpaired) electrons. The molecule has 1 nitrogen and oxygen atoms in total. The standard InChI is InChI=1S/C6H5F9O/c7-1-4(9,10)3(6(13,14)15)16-5(11,12)2-8/h3H,1-2H2. The van der Waals surface area contributed by atoms with Crippen LogP contribution in [0.15, 0.2) is 0 Å². The fraction of sp³-hybridized carbons (Fsp3) is 1.00. The molecular weight excluding hydrogens is 259 g/mol. The first kappa shape index (κ1) is 15.3. The lowest BCUT2D eigenvalue weighted by molar-refractivity contribution is -0.368. The number of hydrogen-bond donors (Lipinski definition) is 0. The maximum Gasteiger partial charge on any atom is 0.420 e. The normalized spacial score (nSPS) is 16.3. The van der Waals surface area contributed by atoms with Crippen LogP contribution in [0.3, 0.4) is 0 Å². The van der Waals surface area contributed by atoms with Gasteiger partial charge in [-0.15, -0.1) is 0 Å². The van der Waals surface area contributed by atoms with Crippen molar-refractivity contribution in [3.63, 3.8) is 0 Å². The third-order valence-corrected chi connectivity index (χ3v) is 1.30. The molecule has 10 heteroatoms. The van der Waals surface area contributed by atoms with Crippen LogP contribution in [0.25, 0.3) is 0 Å². The summed E-state index contributed by atoms with van der Waals surface area (Å²) in [6, 6.07) is 0. The van der Waals surface area contributed by atoms with Gasteiger partial charge in [0.05, 0.1) is 0 Å². The minimum atomic E-state index is -5.95. The van der Waals surface area contributed by atoms with E-state index < -0.39 is 37.7 Å². The lowest BCUT2D eigenvalue weighted by atomic mass is 10.2. The zero-order chi connectivity index (χ0) is 13.2. The fourth-order valence-corrected chi connectivity index (χ4v) is 0.666. The first-order valence-corrected chi connectivity index (χ1v) is 3.58. The Labute approximate surface area is 83.2 Å². The fourth-order valence-electron chi connectivity index (χ4n) is 0.666. The van der Waals surface area contributed by atoms with Crippen molar-refractivity contribution in [3.8, 4) is 0 Å². The van der Waals surface area contributed by atoms with Crippen molar-refractivity contribution in [1.82, 2.24) is 0 Å². The first-order chi connectivity index (χ1) is 6.96. The van der Waals surface area contributed by atoms with Crippen molar-refractivity contribution in [2.75, 3.05) is 13.3 Å². The molecule has 0 rings (SSSR count). The number of alkyl halides is 9. The van der Waals surface area contributed by atoms with E-state index in [-0.39, 0.29) is 0 Å². The van der Waals surface area contributed by atoms with Crippen molar-refractivity contribution in [3.05, 3.63) is 0 Å². The van der Waals surface area contributed by atoms with Gasteiger partial charge in [0.2, 0.25) is 6.10 Å². The third kappa shape index (κ3) is 4.06. The van der Waals surface area contributed by atoms with Gasteiger partial charge in [-0.3, -0.25) is 4.74 Å². The second kappa shape index (κ2) is 4.68. The van der Waals surface area contributed by atoms with E-state index in [1.165, 1.54) is 0 Å². The van der Waals surface area contributed by atoms with Crippen LogP contribution in [0.1, 0.15) is 0 Å². The lowest BCUT2D eigenvalue weighted by Crippen LogP contribution is -2.51. The van der Waals surface area contributed by atoms with Crippen LogP contribution in [0, 0.1) is 0 Å². The third-order valence-electron chi connectivity index (χ3n) is 1.30. The highest BCUT2D eigenvalue weighted by Crippen LogP contribution is 2.38. The highest BCUT2D eigenvalue weighted by molar-refractivity contribution is 4.84. The Morgan fingerprint density at radius 1 is 0.812 bits per heavy atom. The number of halogens is 9. The van der Waals surface area contributed by atoms with E-state index in [2.05, 4.69) is 4.74 Å². The van der Waals surface area contributed by atoms with E-state index >= 15 is 0 Å². The SMILES string of the molecule is FCC(F)(F)OC(C(F)(F)F)C(F)(F)CF. The topological polar surface area (TPSA) is 9.23 Å². The van der Waals surface area contributed by atoms with Gasteiger partial charge in [-0.25, -0.2) is 17.6 Å². The molecule has 0 aliphatic rings. The van der Waals surface area contributed by atoms with Crippen molar-refractivity contribution in [1.29, 1.82) is 0 Å². The lowest BCUT2D eigenvalue weighted by Gasteiger charge is -2.29. The zero-order valence-electron chi connectivity index (χ0n) is 7.30. The van der Waals surface area contributed by atoms with Gasteiger partial charge < -0.3 is 0 Å². The Morgan fingerprint density at radius 2 is 1.25 bits per heavy atom. The van der Waals surface area contributed by atoms with Gasteiger partial charge >= 0.3 is 18.2 Å². The summed E-state index contributed by atoms with van der Waals surface area (Å²) in [7, 11) is 0. The van der Waals surface area contributed by atoms with Crippen LogP contribution >= 0.6 is 0 Å². The van der Waals surface area contributed by atoms with Crippen molar-refractivity contribution in [2.45, 2.75) is 24.3 Å². The van der Waals surface area contributed by atoms with Gasteiger partial charge in [-0.2, -0.15) is 22.0 Å². The number of hydrogen-bond acceptors (Lipinski definition) is 1. The van der Waals surface area contributed by atoms with Gasteiger partial charge in [-0.05, 0) is 0 Å². The molecule has 0 spiro atoms. The quantitative estimate of drug-likeness (QED) is 0.693.